The van der Waals surface area contributed by atoms with E-state index in [4.69, 9.17) is 16.9 Å². The van der Waals surface area contributed by atoms with E-state index in [0.29, 0.717) is 17.1 Å². The zero-order chi connectivity index (χ0) is 13.9. The van der Waals surface area contributed by atoms with Gasteiger partial charge in [-0.05, 0) is 47.5 Å². The molecule has 0 bridgehead atoms. The van der Waals surface area contributed by atoms with Crippen molar-refractivity contribution in [3.63, 3.8) is 0 Å². The Morgan fingerprint density at radius 1 is 1.47 bits per heavy atom. The van der Waals surface area contributed by atoms with Gasteiger partial charge in [0.1, 0.15) is 11.7 Å². The van der Waals surface area contributed by atoms with Crippen LogP contribution in [0.2, 0.25) is 5.02 Å². The maximum absolute atomic E-state index is 10.4. The van der Waals surface area contributed by atoms with E-state index in [1.807, 2.05) is 22.9 Å². The highest BCUT2D eigenvalue weighted by Crippen LogP contribution is 2.25. The molecular weight excluding hydrogens is 280 g/mol. The second kappa shape index (κ2) is 5.62. The van der Waals surface area contributed by atoms with E-state index in [1.54, 1.807) is 36.5 Å². The van der Waals surface area contributed by atoms with Crippen molar-refractivity contribution in [3.8, 4) is 6.07 Å². The summed E-state index contributed by atoms with van der Waals surface area (Å²) in [5, 5.41) is 26.6. The van der Waals surface area contributed by atoms with Crippen LogP contribution in [0.4, 0.5) is 5.69 Å². The second-order valence-electron chi connectivity index (χ2n) is 4.45. The fourth-order valence-electron chi connectivity index (χ4n) is 1.66. The molecule has 1 heterocycles. The van der Waals surface area contributed by atoms with Crippen molar-refractivity contribution in [2.24, 2.45) is 0 Å². The lowest BCUT2D eigenvalue weighted by Gasteiger charge is -2.23. The maximum Gasteiger partial charge on any atom is 0.105 e. The van der Waals surface area contributed by atoms with Crippen LogP contribution in [0.3, 0.4) is 0 Å². The molecule has 1 aromatic heterocycles. The number of thiophene rings is 1. The minimum absolute atomic E-state index is 0.367. The van der Waals surface area contributed by atoms with Crippen molar-refractivity contribution in [2.75, 3.05) is 11.9 Å². The zero-order valence-corrected chi connectivity index (χ0v) is 11.9. The van der Waals surface area contributed by atoms with Gasteiger partial charge in [-0.3, -0.25) is 0 Å². The van der Waals surface area contributed by atoms with Crippen LogP contribution in [0.1, 0.15) is 18.1 Å². The van der Waals surface area contributed by atoms with E-state index in [0.717, 1.165) is 11.3 Å². The molecule has 1 aromatic carbocycles. The van der Waals surface area contributed by atoms with Crippen molar-refractivity contribution < 1.29 is 5.11 Å². The highest BCUT2D eigenvalue weighted by Gasteiger charge is 2.23. The number of nitriles is 1. The lowest BCUT2D eigenvalue weighted by Crippen LogP contribution is -2.30. The molecule has 0 fully saturated rings. The predicted octanol–water partition coefficient (Wildman–Crippen LogP) is 3.59. The first-order valence-electron chi connectivity index (χ1n) is 5.71. The molecule has 0 saturated heterocycles. The normalized spacial score (nSPS) is 13.6. The Hall–Kier alpha value is -1.54. The summed E-state index contributed by atoms with van der Waals surface area (Å²) in [6.45, 7) is 2.12. The average molecular weight is 293 g/mol. The predicted molar refractivity (Wildman–Crippen MR) is 78.5 cm³/mol. The third kappa shape index (κ3) is 3.27. The molecular formula is C14H13ClN2OS. The van der Waals surface area contributed by atoms with E-state index in [2.05, 4.69) is 5.32 Å². The van der Waals surface area contributed by atoms with Gasteiger partial charge in [-0.25, -0.2) is 0 Å². The van der Waals surface area contributed by atoms with Crippen LogP contribution < -0.4 is 5.32 Å². The van der Waals surface area contributed by atoms with Gasteiger partial charge >= 0.3 is 0 Å². The summed E-state index contributed by atoms with van der Waals surface area (Å²) in [6.07, 6.45) is 0. The summed E-state index contributed by atoms with van der Waals surface area (Å²) in [7, 11) is 0. The van der Waals surface area contributed by atoms with E-state index >= 15 is 0 Å². The first-order valence-corrected chi connectivity index (χ1v) is 7.03. The Bertz CT molecular complexity index is 602. The SMILES string of the molecule is CC(O)(CNc1ccc(C#N)c(Cl)c1)c1ccsc1. The zero-order valence-electron chi connectivity index (χ0n) is 10.4. The monoisotopic (exact) mass is 292 g/mol. The van der Waals surface area contributed by atoms with Gasteiger partial charge in [0.15, 0.2) is 0 Å². The Balaban J connectivity index is 2.07. The molecule has 0 radical (unpaired) electrons. The number of nitrogens with zero attached hydrogens (tertiary/aromatic N) is 1. The average Bonchev–Trinajstić information content (AvgIpc) is 2.91. The molecule has 1 atom stereocenters. The summed E-state index contributed by atoms with van der Waals surface area (Å²) >= 11 is 7.51. The molecule has 0 aliphatic carbocycles. The molecule has 0 saturated carbocycles. The maximum atomic E-state index is 10.4. The molecule has 98 valence electrons. The fourth-order valence-corrected chi connectivity index (χ4v) is 2.67. The summed E-state index contributed by atoms with van der Waals surface area (Å²) in [5.41, 5.74) is 1.15. The number of anilines is 1. The molecule has 0 aliphatic rings. The summed E-state index contributed by atoms with van der Waals surface area (Å²) in [4.78, 5) is 0. The Morgan fingerprint density at radius 3 is 2.84 bits per heavy atom. The lowest BCUT2D eigenvalue weighted by molar-refractivity contribution is 0.0720. The number of halogens is 1. The van der Waals surface area contributed by atoms with Crippen molar-refractivity contribution in [1.82, 2.24) is 0 Å². The van der Waals surface area contributed by atoms with Crippen LogP contribution in [-0.2, 0) is 5.60 Å². The van der Waals surface area contributed by atoms with Crippen molar-refractivity contribution in [1.29, 1.82) is 5.26 Å². The molecule has 2 N–H and O–H groups in total. The molecule has 2 rings (SSSR count). The Morgan fingerprint density at radius 2 is 2.26 bits per heavy atom. The molecule has 5 heteroatoms. The number of hydrogen-bond donors (Lipinski definition) is 2. The number of aliphatic hydroxyl groups is 1. The fraction of sp³-hybridized carbons (Fsp3) is 0.214. The second-order valence-corrected chi connectivity index (χ2v) is 5.63. The molecule has 19 heavy (non-hydrogen) atoms. The first kappa shape index (κ1) is 13.9. The third-order valence-corrected chi connectivity index (χ3v) is 3.87. The Kier molecular flexibility index (Phi) is 4.11. The van der Waals surface area contributed by atoms with Crippen molar-refractivity contribution in [2.45, 2.75) is 12.5 Å². The third-order valence-electron chi connectivity index (χ3n) is 2.87. The number of nitrogens with one attached hydrogen (secondary N) is 1. The first-order chi connectivity index (χ1) is 9.03. The largest absolute Gasteiger partial charge is 0.384 e. The number of rotatable bonds is 4. The highest BCUT2D eigenvalue weighted by atomic mass is 35.5. The van der Waals surface area contributed by atoms with Crippen LogP contribution in [-0.4, -0.2) is 11.7 Å². The molecule has 1 unspecified atom stereocenters. The van der Waals surface area contributed by atoms with Gasteiger partial charge in [-0.15, -0.1) is 0 Å². The quantitative estimate of drug-likeness (QED) is 0.905. The van der Waals surface area contributed by atoms with Gasteiger partial charge in [0.05, 0.1) is 10.6 Å². The standard InChI is InChI=1S/C14H13ClN2OS/c1-14(18,11-4-5-19-8-11)9-17-12-3-2-10(7-16)13(15)6-12/h2-6,8,17-18H,9H2,1H3. The number of benzene rings is 1. The minimum Gasteiger partial charge on any atom is -0.384 e. The Labute approximate surface area is 121 Å². The summed E-state index contributed by atoms with van der Waals surface area (Å²) < 4.78 is 0. The number of hydrogen-bond acceptors (Lipinski definition) is 4. The van der Waals surface area contributed by atoms with Gasteiger partial charge in [-0.1, -0.05) is 11.6 Å². The van der Waals surface area contributed by atoms with Crippen molar-refractivity contribution >= 4 is 28.6 Å². The minimum atomic E-state index is -0.944. The topological polar surface area (TPSA) is 56.0 Å². The van der Waals surface area contributed by atoms with Gasteiger partial charge < -0.3 is 10.4 Å². The van der Waals surface area contributed by atoms with E-state index in [-0.39, 0.29) is 0 Å². The molecule has 3 nitrogen and oxygen atoms in total. The lowest BCUT2D eigenvalue weighted by atomic mass is 9.99. The van der Waals surface area contributed by atoms with Crippen LogP contribution >= 0.6 is 22.9 Å². The van der Waals surface area contributed by atoms with E-state index in [9.17, 15) is 5.11 Å². The molecule has 0 aliphatic heterocycles. The van der Waals surface area contributed by atoms with Gasteiger partial charge in [-0.2, -0.15) is 16.6 Å². The van der Waals surface area contributed by atoms with Gasteiger partial charge in [0.25, 0.3) is 0 Å². The van der Waals surface area contributed by atoms with Gasteiger partial charge in [0, 0.05) is 12.2 Å². The molecule has 2 aromatic rings. The van der Waals surface area contributed by atoms with E-state index < -0.39 is 5.60 Å². The summed E-state index contributed by atoms with van der Waals surface area (Å²) in [5.74, 6) is 0. The highest BCUT2D eigenvalue weighted by molar-refractivity contribution is 7.08. The molecule has 0 amide bonds. The van der Waals surface area contributed by atoms with Crippen LogP contribution in [0.15, 0.2) is 35.0 Å². The smallest absolute Gasteiger partial charge is 0.105 e. The van der Waals surface area contributed by atoms with Crippen LogP contribution in [0.5, 0.6) is 0 Å². The van der Waals surface area contributed by atoms with Crippen LogP contribution in [0.25, 0.3) is 0 Å². The van der Waals surface area contributed by atoms with Gasteiger partial charge in [0.2, 0.25) is 0 Å². The summed E-state index contributed by atoms with van der Waals surface area (Å²) in [6, 6.07) is 9.02. The van der Waals surface area contributed by atoms with Crippen molar-refractivity contribution in [3.05, 3.63) is 51.2 Å². The van der Waals surface area contributed by atoms with E-state index in [1.165, 1.54) is 0 Å². The molecule has 0 spiro atoms. The van der Waals surface area contributed by atoms with Crippen LogP contribution in [0, 0.1) is 11.3 Å².